The molecule has 8 heteroatoms. The first-order valence-electron chi connectivity index (χ1n) is 7.70. The van der Waals surface area contributed by atoms with Crippen LogP contribution in [0.2, 0.25) is 0 Å². The van der Waals surface area contributed by atoms with Crippen molar-refractivity contribution in [2.24, 2.45) is 5.92 Å². The van der Waals surface area contributed by atoms with Crippen LogP contribution in [-0.2, 0) is 5.75 Å². The molecule has 24 heavy (non-hydrogen) atoms. The Morgan fingerprint density at radius 2 is 2.00 bits per heavy atom. The average Bonchev–Trinajstić information content (AvgIpc) is 3.21. The zero-order chi connectivity index (χ0) is 16.9. The molecule has 0 atom stereocenters. The fraction of sp³-hybridized carbons (Fsp3) is 0.375. The molecule has 0 aliphatic carbocycles. The number of nitrogens with one attached hydrogen (secondary N) is 1. The molecule has 1 N–H and O–H groups in total. The van der Waals surface area contributed by atoms with Crippen LogP contribution >= 0.6 is 23.1 Å². The maximum atomic E-state index is 5.33. The summed E-state index contributed by atoms with van der Waals surface area (Å²) in [5, 5.41) is 16.5. The highest BCUT2D eigenvalue weighted by Crippen LogP contribution is 2.28. The van der Waals surface area contributed by atoms with E-state index >= 15 is 0 Å². The van der Waals surface area contributed by atoms with Gasteiger partial charge in [0.05, 0.1) is 5.75 Å². The normalized spacial score (nSPS) is 11.2. The highest BCUT2D eigenvalue weighted by Gasteiger charge is 2.11. The van der Waals surface area contributed by atoms with Crippen LogP contribution in [0.4, 0.5) is 5.13 Å². The fourth-order valence-corrected chi connectivity index (χ4v) is 3.49. The van der Waals surface area contributed by atoms with E-state index in [1.54, 1.807) is 23.1 Å². The van der Waals surface area contributed by atoms with E-state index < -0.39 is 0 Å². The summed E-state index contributed by atoms with van der Waals surface area (Å²) in [5.74, 6) is 2.38. The predicted octanol–water partition coefficient (Wildman–Crippen LogP) is 4.26. The third-order valence-corrected chi connectivity index (χ3v) is 5.17. The third-order valence-electron chi connectivity index (χ3n) is 3.16. The smallest absolute Gasteiger partial charge is 0.257 e. The number of nitrogens with zero attached hydrogens (tertiary/aromatic N) is 4. The highest BCUT2D eigenvalue weighted by atomic mass is 32.2. The van der Waals surface area contributed by atoms with Gasteiger partial charge in [-0.3, -0.25) is 0 Å². The first kappa shape index (κ1) is 16.9. The Bertz CT molecular complexity index is 782. The van der Waals surface area contributed by atoms with Crippen molar-refractivity contribution in [2.75, 3.05) is 11.9 Å². The highest BCUT2D eigenvalue weighted by molar-refractivity contribution is 8.00. The SMILES string of the molecule is Cc1ccc(-c2nc(CSc3nnc(NCC(C)C)s3)no2)cc1. The van der Waals surface area contributed by atoms with Crippen molar-refractivity contribution in [2.45, 2.75) is 30.9 Å². The van der Waals surface area contributed by atoms with E-state index in [4.69, 9.17) is 4.52 Å². The van der Waals surface area contributed by atoms with Crippen LogP contribution in [0, 0.1) is 12.8 Å². The van der Waals surface area contributed by atoms with E-state index in [0.29, 0.717) is 23.4 Å². The van der Waals surface area contributed by atoms with Gasteiger partial charge in [0.25, 0.3) is 5.89 Å². The number of thioether (sulfide) groups is 1. The van der Waals surface area contributed by atoms with Crippen LogP contribution in [0.5, 0.6) is 0 Å². The van der Waals surface area contributed by atoms with Gasteiger partial charge in [-0.2, -0.15) is 4.98 Å². The minimum Gasteiger partial charge on any atom is -0.360 e. The Balaban J connectivity index is 1.56. The summed E-state index contributed by atoms with van der Waals surface area (Å²) >= 11 is 3.10. The molecule has 0 radical (unpaired) electrons. The number of benzene rings is 1. The van der Waals surface area contributed by atoms with E-state index in [9.17, 15) is 0 Å². The lowest BCUT2D eigenvalue weighted by molar-refractivity contribution is 0.425. The molecule has 0 saturated heterocycles. The first-order valence-corrected chi connectivity index (χ1v) is 9.50. The molecule has 0 aliphatic rings. The monoisotopic (exact) mass is 361 g/mol. The second-order valence-corrected chi connectivity index (χ2v) is 8.02. The molecular formula is C16H19N5OS2. The summed E-state index contributed by atoms with van der Waals surface area (Å²) < 4.78 is 6.22. The standard InChI is InChI=1S/C16H19N5OS2/c1-10(2)8-17-15-19-20-16(24-15)23-9-13-18-14(22-21-13)12-6-4-11(3)5-7-12/h4-7,10H,8-9H2,1-3H3,(H,17,19). The number of hydrogen-bond acceptors (Lipinski definition) is 8. The Kier molecular flexibility index (Phi) is 5.47. The minimum atomic E-state index is 0.544. The zero-order valence-corrected chi connectivity index (χ0v) is 15.4. The summed E-state index contributed by atoms with van der Waals surface area (Å²) in [7, 11) is 0. The molecule has 0 aliphatic heterocycles. The van der Waals surface area contributed by atoms with Crippen molar-refractivity contribution < 1.29 is 4.52 Å². The van der Waals surface area contributed by atoms with E-state index in [1.165, 1.54) is 5.56 Å². The molecule has 3 aromatic rings. The van der Waals surface area contributed by atoms with Gasteiger partial charge in [0.2, 0.25) is 5.13 Å². The zero-order valence-electron chi connectivity index (χ0n) is 13.8. The fourth-order valence-electron chi connectivity index (χ4n) is 1.88. The summed E-state index contributed by atoms with van der Waals surface area (Å²) in [6.07, 6.45) is 0. The third kappa shape index (κ3) is 4.55. The molecule has 3 rings (SSSR count). The second kappa shape index (κ2) is 7.76. The van der Waals surface area contributed by atoms with Crippen molar-refractivity contribution in [3.8, 4) is 11.5 Å². The Morgan fingerprint density at radius 1 is 1.21 bits per heavy atom. The van der Waals surface area contributed by atoms with Gasteiger partial charge in [-0.15, -0.1) is 10.2 Å². The van der Waals surface area contributed by atoms with Crippen molar-refractivity contribution in [3.05, 3.63) is 35.7 Å². The molecule has 6 nitrogen and oxygen atoms in total. The molecule has 0 bridgehead atoms. The van der Waals surface area contributed by atoms with Gasteiger partial charge in [-0.1, -0.05) is 59.8 Å². The molecule has 0 saturated carbocycles. The quantitative estimate of drug-likeness (QED) is 0.630. The van der Waals surface area contributed by atoms with Gasteiger partial charge >= 0.3 is 0 Å². The van der Waals surface area contributed by atoms with Crippen molar-refractivity contribution in [1.82, 2.24) is 20.3 Å². The maximum Gasteiger partial charge on any atom is 0.257 e. The van der Waals surface area contributed by atoms with Crippen LogP contribution in [0.25, 0.3) is 11.5 Å². The first-order chi connectivity index (χ1) is 11.6. The maximum absolute atomic E-state index is 5.33. The number of anilines is 1. The number of aromatic nitrogens is 4. The minimum absolute atomic E-state index is 0.544. The lowest BCUT2D eigenvalue weighted by Gasteiger charge is -2.03. The number of aryl methyl sites for hydroxylation is 1. The number of hydrogen-bond donors (Lipinski definition) is 1. The summed E-state index contributed by atoms with van der Waals surface area (Å²) in [6, 6.07) is 8.02. The van der Waals surface area contributed by atoms with Crippen LogP contribution in [-0.4, -0.2) is 26.9 Å². The van der Waals surface area contributed by atoms with Crippen LogP contribution in [0.1, 0.15) is 25.2 Å². The van der Waals surface area contributed by atoms with Crippen LogP contribution in [0.15, 0.2) is 33.1 Å². The van der Waals surface area contributed by atoms with E-state index in [0.717, 1.165) is 21.6 Å². The molecule has 0 spiro atoms. The molecule has 2 aromatic heterocycles. The molecule has 0 unspecified atom stereocenters. The molecule has 0 fully saturated rings. The van der Waals surface area contributed by atoms with Gasteiger partial charge in [0.1, 0.15) is 0 Å². The molecule has 0 amide bonds. The largest absolute Gasteiger partial charge is 0.360 e. The van der Waals surface area contributed by atoms with E-state index in [-0.39, 0.29) is 0 Å². The molecule has 2 heterocycles. The van der Waals surface area contributed by atoms with Gasteiger partial charge in [0.15, 0.2) is 10.2 Å². The summed E-state index contributed by atoms with van der Waals surface area (Å²) in [6.45, 7) is 7.26. The summed E-state index contributed by atoms with van der Waals surface area (Å²) in [4.78, 5) is 4.43. The van der Waals surface area contributed by atoms with Gasteiger partial charge in [-0.05, 0) is 25.0 Å². The van der Waals surface area contributed by atoms with Gasteiger partial charge < -0.3 is 9.84 Å². The summed E-state index contributed by atoms with van der Waals surface area (Å²) in [5.41, 5.74) is 2.13. The van der Waals surface area contributed by atoms with Gasteiger partial charge in [-0.25, -0.2) is 0 Å². The molecule has 126 valence electrons. The lowest BCUT2D eigenvalue weighted by Crippen LogP contribution is -2.07. The Labute approximate surface area is 149 Å². The van der Waals surface area contributed by atoms with E-state index in [2.05, 4.69) is 39.5 Å². The number of rotatable bonds is 7. The Morgan fingerprint density at radius 3 is 2.75 bits per heavy atom. The van der Waals surface area contributed by atoms with Gasteiger partial charge in [0, 0.05) is 12.1 Å². The molecular weight excluding hydrogens is 342 g/mol. The van der Waals surface area contributed by atoms with Crippen molar-refractivity contribution in [3.63, 3.8) is 0 Å². The molecule has 1 aromatic carbocycles. The van der Waals surface area contributed by atoms with E-state index in [1.807, 2.05) is 31.2 Å². The van der Waals surface area contributed by atoms with Crippen molar-refractivity contribution in [1.29, 1.82) is 0 Å². The van der Waals surface area contributed by atoms with Crippen LogP contribution < -0.4 is 5.32 Å². The van der Waals surface area contributed by atoms with Crippen LogP contribution in [0.3, 0.4) is 0 Å². The predicted molar refractivity (Wildman–Crippen MR) is 97.3 cm³/mol. The Hall–Kier alpha value is -1.93. The second-order valence-electron chi connectivity index (χ2n) is 5.82. The average molecular weight is 361 g/mol. The van der Waals surface area contributed by atoms with Crippen molar-refractivity contribution >= 4 is 28.2 Å². The topological polar surface area (TPSA) is 76.7 Å². The lowest BCUT2D eigenvalue weighted by atomic mass is 10.1.